The Bertz CT molecular complexity index is 694. The molecule has 0 unspecified atom stereocenters. The van der Waals surface area contributed by atoms with Gasteiger partial charge in [0.25, 0.3) is 5.91 Å². The van der Waals surface area contributed by atoms with Crippen molar-refractivity contribution in [3.63, 3.8) is 0 Å². The van der Waals surface area contributed by atoms with E-state index in [0.29, 0.717) is 48.5 Å². The highest BCUT2D eigenvalue weighted by molar-refractivity contribution is 6.30. The van der Waals surface area contributed by atoms with E-state index in [1.807, 2.05) is 24.3 Å². The third kappa shape index (κ3) is 5.79. The average Bonchev–Trinajstić information content (AvgIpc) is 2.54. The van der Waals surface area contributed by atoms with E-state index in [4.69, 9.17) is 16.3 Å². The van der Waals surface area contributed by atoms with E-state index in [2.05, 4.69) is 20.6 Å². The first-order valence-electron chi connectivity index (χ1n) is 7.69. The number of halogens is 1. The van der Waals surface area contributed by atoms with Gasteiger partial charge in [-0.2, -0.15) is 0 Å². The van der Waals surface area contributed by atoms with Crippen LogP contribution < -0.4 is 10.6 Å². The molecule has 0 saturated carbocycles. The van der Waals surface area contributed by atoms with Gasteiger partial charge in [-0.05, 0) is 31.0 Å². The molecule has 0 aliphatic rings. The highest BCUT2D eigenvalue weighted by atomic mass is 35.5. The molecule has 1 heterocycles. The molecule has 0 bridgehead atoms. The standard InChI is InChI=1S/C17H21ClN4O2/c1-12-21-15(11-16(22-12)19-8-9-24-2)17(23)20-7-6-13-4-3-5-14(18)10-13/h3-5,10-11H,6-9H2,1-2H3,(H,20,23)(H,19,21,22). The fourth-order valence-electron chi connectivity index (χ4n) is 2.16. The molecule has 7 heteroatoms. The Morgan fingerprint density at radius 2 is 2.08 bits per heavy atom. The zero-order valence-corrected chi connectivity index (χ0v) is 14.6. The van der Waals surface area contributed by atoms with Gasteiger partial charge in [0.15, 0.2) is 0 Å². The Morgan fingerprint density at radius 1 is 1.25 bits per heavy atom. The average molecular weight is 349 g/mol. The Labute approximate surface area is 146 Å². The lowest BCUT2D eigenvalue weighted by Crippen LogP contribution is -2.27. The fraction of sp³-hybridized carbons (Fsp3) is 0.353. The van der Waals surface area contributed by atoms with Crippen molar-refractivity contribution >= 4 is 23.3 Å². The summed E-state index contributed by atoms with van der Waals surface area (Å²) < 4.78 is 4.98. The van der Waals surface area contributed by atoms with Crippen LogP contribution in [0.3, 0.4) is 0 Å². The van der Waals surface area contributed by atoms with Crippen molar-refractivity contribution in [2.75, 3.05) is 32.1 Å². The van der Waals surface area contributed by atoms with Crippen molar-refractivity contribution in [2.24, 2.45) is 0 Å². The number of carbonyl (C=O) groups is 1. The number of anilines is 1. The number of carbonyl (C=O) groups excluding carboxylic acids is 1. The van der Waals surface area contributed by atoms with Gasteiger partial charge in [-0.1, -0.05) is 23.7 Å². The van der Waals surface area contributed by atoms with Gasteiger partial charge in [-0.25, -0.2) is 9.97 Å². The summed E-state index contributed by atoms with van der Waals surface area (Å²) in [5.74, 6) is 0.925. The van der Waals surface area contributed by atoms with E-state index in [-0.39, 0.29) is 5.91 Å². The van der Waals surface area contributed by atoms with E-state index in [0.717, 1.165) is 5.56 Å². The van der Waals surface area contributed by atoms with E-state index < -0.39 is 0 Å². The molecule has 0 spiro atoms. The van der Waals surface area contributed by atoms with Crippen LogP contribution in [0, 0.1) is 6.92 Å². The quantitative estimate of drug-likeness (QED) is 0.717. The highest BCUT2D eigenvalue weighted by Gasteiger charge is 2.10. The number of hydrogen-bond acceptors (Lipinski definition) is 5. The minimum atomic E-state index is -0.225. The number of aryl methyl sites for hydroxylation is 1. The molecule has 1 aromatic heterocycles. The van der Waals surface area contributed by atoms with Gasteiger partial charge >= 0.3 is 0 Å². The molecule has 2 N–H and O–H groups in total. The largest absolute Gasteiger partial charge is 0.383 e. The lowest BCUT2D eigenvalue weighted by Gasteiger charge is -2.09. The lowest BCUT2D eigenvalue weighted by atomic mass is 10.1. The molecule has 2 aromatic rings. The maximum Gasteiger partial charge on any atom is 0.270 e. The Hall–Kier alpha value is -2.18. The van der Waals surface area contributed by atoms with Crippen molar-refractivity contribution in [2.45, 2.75) is 13.3 Å². The second kappa shape index (κ2) is 9.20. The van der Waals surface area contributed by atoms with Crippen LogP contribution >= 0.6 is 11.6 Å². The predicted molar refractivity (Wildman–Crippen MR) is 94.6 cm³/mol. The Balaban J connectivity index is 1.91. The first kappa shape index (κ1) is 18.2. The zero-order chi connectivity index (χ0) is 17.4. The summed E-state index contributed by atoms with van der Waals surface area (Å²) in [6.45, 7) is 3.44. The van der Waals surface area contributed by atoms with Gasteiger partial charge in [0, 0.05) is 31.3 Å². The maximum absolute atomic E-state index is 12.3. The highest BCUT2D eigenvalue weighted by Crippen LogP contribution is 2.11. The van der Waals surface area contributed by atoms with E-state index in [9.17, 15) is 4.79 Å². The molecule has 6 nitrogen and oxygen atoms in total. The van der Waals surface area contributed by atoms with Crippen LogP contribution in [0.15, 0.2) is 30.3 Å². The third-order valence-electron chi connectivity index (χ3n) is 3.27. The van der Waals surface area contributed by atoms with Gasteiger partial charge in [-0.3, -0.25) is 4.79 Å². The molecule has 0 aliphatic carbocycles. The van der Waals surface area contributed by atoms with E-state index in [1.165, 1.54) is 0 Å². The Morgan fingerprint density at radius 3 is 2.83 bits per heavy atom. The number of amides is 1. The SMILES string of the molecule is COCCNc1cc(C(=O)NCCc2cccc(Cl)c2)nc(C)n1. The number of nitrogens with one attached hydrogen (secondary N) is 2. The summed E-state index contributed by atoms with van der Waals surface area (Å²) >= 11 is 5.95. The summed E-state index contributed by atoms with van der Waals surface area (Å²) in [5, 5.41) is 6.65. The van der Waals surface area contributed by atoms with Gasteiger partial charge < -0.3 is 15.4 Å². The molecule has 128 valence electrons. The van der Waals surface area contributed by atoms with E-state index in [1.54, 1.807) is 20.1 Å². The molecular formula is C17H21ClN4O2. The summed E-state index contributed by atoms with van der Waals surface area (Å²) in [7, 11) is 1.63. The molecule has 2 rings (SSSR count). The van der Waals surface area contributed by atoms with Crippen molar-refractivity contribution in [1.82, 2.24) is 15.3 Å². The predicted octanol–water partition coefficient (Wildman–Crippen LogP) is 2.47. The van der Waals surface area contributed by atoms with Crippen molar-refractivity contribution < 1.29 is 9.53 Å². The first-order valence-corrected chi connectivity index (χ1v) is 8.07. The second-order valence-electron chi connectivity index (χ2n) is 5.24. The normalized spacial score (nSPS) is 10.5. The van der Waals surface area contributed by atoms with Gasteiger partial charge in [0.1, 0.15) is 17.3 Å². The van der Waals surface area contributed by atoms with Gasteiger partial charge in [0.2, 0.25) is 0 Å². The van der Waals surface area contributed by atoms with Crippen LogP contribution in [0.1, 0.15) is 21.9 Å². The van der Waals surface area contributed by atoms with Crippen molar-refractivity contribution in [1.29, 1.82) is 0 Å². The van der Waals surface area contributed by atoms with Gasteiger partial charge in [0.05, 0.1) is 6.61 Å². The van der Waals surface area contributed by atoms with Crippen LogP contribution in [0.25, 0.3) is 0 Å². The molecule has 0 radical (unpaired) electrons. The van der Waals surface area contributed by atoms with Crippen LogP contribution in [0.2, 0.25) is 5.02 Å². The number of hydrogen-bond donors (Lipinski definition) is 2. The summed E-state index contributed by atoms with van der Waals surface area (Å²) in [6.07, 6.45) is 0.704. The maximum atomic E-state index is 12.3. The van der Waals surface area contributed by atoms with Crippen LogP contribution in [0.5, 0.6) is 0 Å². The number of nitrogens with zero attached hydrogens (tertiary/aromatic N) is 2. The number of benzene rings is 1. The minimum absolute atomic E-state index is 0.225. The summed E-state index contributed by atoms with van der Waals surface area (Å²) in [6, 6.07) is 9.22. The number of rotatable bonds is 8. The zero-order valence-electron chi connectivity index (χ0n) is 13.8. The minimum Gasteiger partial charge on any atom is -0.383 e. The fourth-order valence-corrected chi connectivity index (χ4v) is 2.37. The lowest BCUT2D eigenvalue weighted by molar-refractivity contribution is 0.0949. The van der Waals surface area contributed by atoms with Crippen molar-refractivity contribution in [3.05, 3.63) is 52.4 Å². The summed E-state index contributed by atoms with van der Waals surface area (Å²) in [5.41, 5.74) is 1.41. The van der Waals surface area contributed by atoms with Gasteiger partial charge in [-0.15, -0.1) is 0 Å². The topological polar surface area (TPSA) is 76.1 Å². The second-order valence-corrected chi connectivity index (χ2v) is 5.68. The molecule has 1 amide bonds. The first-order chi connectivity index (χ1) is 11.6. The molecule has 0 aliphatic heterocycles. The van der Waals surface area contributed by atoms with E-state index >= 15 is 0 Å². The van der Waals surface area contributed by atoms with Crippen LogP contribution in [-0.2, 0) is 11.2 Å². The third-order valence-corrected chi connectivity index (χ3v) is 3.51. The smallest absolute Gasteiger partial charge is 0.270 e. The monoisotopic (exact) mass is 348 g/mol. The number of ether oxygens (including phenoxy) is 1. The molecule has 24 heavy (non-hydrogen) atoms. The number of methoxy groups -OCH3 is 1. The van der Waals surface area contributed by atoms with Crippen LogP contribution in [0.4, 0.5) is 5.82 Å². The summed E-state index contributed by atoms with van der Waals surface area (Å²) in [4.78, 5) is 20.7. The van der Waals surface area contributed by atoms with Crippen molar-refractivity contribution in [3.8, 4) is 0 Å². The molecule has 0 saturated heterocycles. The molecule has 0 atom stereocenters. The molecule has 1 aromatic carbocycles. The van der Waals surface area contributed by atoms with Crippen LogP contribution in [-0.4, -0.2) is 42.7 Å². The molecular weight excluding hydrogens is 328 g/mol. The molecule has 0 fully saturated rings. The Kier molecular flexibility index (Phi) is 6.96. The number of aromatic nitrogens is 2.